The minimum atomic E-state index is 0.124. The first-order valence-corrected chi connectivity index (χ1v) is 8.03. The number of hydrogen-bond acceptors (Lipinski definition) is 4. The molecule has 1 aromatic carbocycles. The number of ether oxygens (including phenoxy) is 2. The van der Waals surface area contributed by atoms with Gasteiger partial charge in [-0.25, -0.2) is 0 Å². The fourth-order valence-electron chi connectivity index (χ4n) is 3.40. The molecule has 21 heavy (non-hydrogen) atoms. The maximum absolute atomic E-state index is 8.81. The molecule has 0 aromatic heterocycles. The van der Waals surface area contributed by atoms with E-state index >= 15 is 0 Å². The van der Waals surface area contributed by atoms with Gasteiger partial charge >= 0.3 is 0 Å². The van der Waals surface area contributed by atoms with Crippen LogP contribution in [0.2, 0.25) is 0 Å². The van der Waals surface area contributed by atoms with Crippen LogP contribution in [0.4, 0.5) is 0 Å². The third-order valence-corrected chi connectivity index (χ3v) is 4.54. The maximum atomic E-state index is 8.81. The van der Waals surface area contributed by atoms with Gasteiger partial charge in [-0.3, -0.25) is 0 Å². The Hall–Kier alpha value is -1.10. The maximum Gasteiger partial charge on any atom is 0.122 e. The van der Waals surface area contributed by atoms with Crippen LogP contribution >= 0.6 is 0 Å². The molecule has 0 aliphatic carbocycles. The van der Waals surface area contributed by atoms with Gasteiger partial charge < -0.3 is 19.5 Å². The normalized spacial score (nSPS) is 23.6. The van der Waals surface area contributed by atoms with Crippen LogP contribution in [0.15, 0.2) is 24.3 Å². The summed E-state index contributed by atoms with van der Waals surface area (Å²) in [7, 11) is 0. The van der Waals surface area contributed by atoms with Gasteiger partial charge in [-0.05, 0) is 30.9 Å². The van der Waals surface area contributed by atoms with Crippen molar-refractivity contribution in [1.29, 1.82) is 0 Å². The van der Waals surface area contributed by atoms with Crippen molar-refractivity contribution in [2.45, 2.75) is 31.3 Å². The molecule has 3 rings (SSSR count). The molecule has 1 aromatic rings. The average molecular weight is 291 g/mol. The number of para-hydroxylation sites is 1. The van der Waals surface area contributed by atoms with Crippen LogP contribution in [-0.4, -0.2) is 55.6 Å². The van der Waals surface area contributed by atoms with Crippen molar-refractivity contribution in [3.8, 4) is 5.75 Å². The van der Waals surface area contributed by atoms with Gasteiger partial charge in [-0.1, -0.05) is 18.2 Å². The van der Waals surface area contributed by atoms with Crippen molar-refractivity contribution >= 4 is 0 Å². The van der Waals surface area contributed by atoms with Crippen molar-refractivity contribution in [1.82, 2.24) is 4.90 Å². The van der Waals surface area contributed by atoms with E-state index in [2.05, 4.69) is 23.1 Å². The van der Waals surface area contributed by atoms with Crippen molar-refractivity contribution in [3.63, 3.8) is 0 Å². The van der Waals surface area contributed by atoms with Gasteiger partial charge in [0.15, 0.2) is 0 Å². The van der Waals surface area contributed by atoms with E-state index < -0.39 is 0 Å². The quantitative estimate of drug-likeness (QED) is 0.901. The molecular weight excluding hydrogens is 266 g/mol. The summed E-state index contributed by atoms with van der Waals surface area (Å²) < 4.78 is 11.4. The summed E-state index contributed by atoms with van der Waals surface area (Å²) in [5.74, 6) is 1.65. The largest absolute Gasteiger partial charge is 0.493 e. The first kappa shape index (κ1) is 14.8. The molecule has 1 saturated heterocycles. The van der Waals surface area contributed by atoms with E-state index in [1.54, 1.807) is 0 Å². The molecule has 1 atom stereocenters. The molecule has 1 fully saturated rings. The Morgan fingerprint density at radius 2 is 2.00 bits per heavy atom. The fraction of sp³-hybridized carbons (Fsp3) is 0.647. The monoisotopic (exact) mass is 291 g/mol. The lowest BCUT2D eigenvalue weighted by molar-refractivity contribution is -0.00907. The van der Waals surface area contributed by atoms with Crippen molar-refractivity contribution in [2.24, 2.45) is 0 Å². The molecule has 4 nitrogen and oxygen atoms in total. The Bertz CT molecular complexity index is 443. The highest BCUT2D eigenvalue weighted by atomic mass is 16.5. The Morgan fingerprint density at radius 3 is 2.81 bits per heavy atom. The number of rotatable bonds is 5. The zero-order valence-electron chi connectivity index (χ0n) is 12.5. The second-order valence-corrected chi connectivity index (χ2v) is 5.97. The van der Waals surface area contributed by atoms with Crippen LogP contribution in [-0.2, 0) is 4.74 Å². The summed E-state index contributed by atoms with van der Waals surface area (Å²) in [5.41, 5.74) is 1.36. The lowest BCUT2D eigenvalue weighted by atomic mass is 9.92. The number of likely N-dealkylation sites (tertiary alicyclic amines) is 1. The van der Waals surface area contributed by atoms with Crippen molar-refractivity contribution in [2.75, 3.05) is 39.5 Å². The first-order valence-electron chi connectivity index (χ1n) is 8.03. The summed E-state index contributed by atoms with van der Waals surface area (Å²) in [6, 6.07) is 8.44. The predicted octanol–water partition coefficient (Wildman–Crippen LogP) is 2.03. The van der Waals surface area contributed by atoms with Gasteiger partial charge in [0.25, 0.3) is 0 Å². The van der Waals surface area contributed by atoms with Crippen LogP contribution in [0, 0.1) is 0 Å². The Kier molecular flexibility index (Phi) is 5.12. The zero-order chi connectivity index (χ0) is 14.5. The Balaban J connectivity index is 1.52. The van der Waals surface area contributed by atoms with E-state index in [0.717, 1.165) is 51.3 Å². The number of aliphatic hydroxyl groups excluding tert-OH is 1. The van der Waals surface area contributed by atoms with Crippen molar-refractivity contribution in [3.05, 3.63) is 29.8 Å². The summed E-state index contributed by atoms with van der Waals surface area (Å²) in [4.78, 5) is 2.55. The van der Waals surface area contributed by atoms with E-state index in [1.165, 1.54) is 5.56 Å². The number of fused-ring (bicyclic) bond motifs is 1. The SMILES string of the molecule is OCCOC1CCN(CC2CCOc3ccccc32)CC1. The van der Waals surface area contributed by atoms with E-state index in [9.17, 15) is 0 Å². The third-order valence-electron chi connectivity index (χ3n) is 4.54. The molecule has 2 heterocycles. The van der Waals surface area contributed by atoms with E-state index in [1.807, 2.05) is 6.07 Å². The van der Waals surface area contributed by atoms with Gasteiger partial charge in [0, 0.05) is 25.6 Å². The Morgan fingerprint density at radius 1 is 1.19 bits per heavy atom. The van der Waals surface area contributed by atoms with E-state index in [0.29, 0.717) is 18.6 Å². The highest BCUT2D eigenvalue weighted by Gasteiger charge is 2.26. The minimum Gasteiger partial charge on any atom is -0.493 e. The first-order chi connectivity index (χ1) is 10.4. The number of piperidine rings is 1. The summed E-state index contributed by atoms with van der Waals surface area (Å²) in [6.45, 7) is 4.73. The second kappa shape index (κ2) is 7.25. The van der Waals surface area contributed by atoms with Gasteiger partial charge in [0.2, 0.25) is 0 Å². The fourth-order valence-corrected chi connectivity index (χ4v) is 3.40. The molecular formula is C17H25NO3. The van der Waals surface area contributed by atoms with Crippen LogP contribution in [0.25, 0.3) is 0 Å². The van der Waals surface area contributed by atoms with Gasteiger partial charge in [0.1, 0.15) is 5.75 Å². The van der Waals surface area contributed by atoms with Crippen molar-refractivity contribution < 1.29 is 14.6 Å². The smallest absolute Gasteiger partial charge is 0.122 e. The number of aliphatic hydroxyl groups is 1. The topological polar surface area (TPSA) is 41.9 Å². The predicted molar refractivity (Wildman–Crippen MR) is 81.8 cm³/mol. The van der Waals surface area contributed by atoms with Gasteiger partial charge in [-0.2, -0.15) is 0 Å². The van der Waals surface area contributed by atoms with E-state index in [4.69, 9.17) is 14.6 Å². The average Bonchev–Trinajstić information content (AvgIpc) is 2.55. The molecule has 116 valence electrons. The minimum absolute atomic E-state index is 0.124. The molecule has 4 heteroatoms. The van der Waals surface area contributed by atoms with Crippen LogP contribution in [0.1, 0.15) is 30.7 Å². The molecule has 0 amide bonds. The Labute approximate surface area is 126 Å². The zero-order valence-corrected chi connectivity index (χ0v) is 12.5. The van der Waals surface area contributed by atoms with Crippen LogP contribution < -0.4 is 4.74 Å². The lowest BCUT2D eigenvalue weighted by Gasteiger charge is -2.35. The van der Waals surface area contributed by atoms with Gasteiger partial charge in [0.05, 0.1) is 25.9 Å². The highest BCUT2D eigenvalue weighted by molar-refractivity contribution is 5.37. The molecule has 0 saturated carbocycles. The summed E-state index contributed by atoms with van der Waals surface area (Å²) in [6.07, 6.45) is 3.59. The standard InChI is InChI=1S/C17H25NO3/c19-10-12-20-15-5-8-18(9-6-15)13-14-7-11-21-17-4-2-1-3-16(14)17/h1-4,14-15,19H,5-13H2. The molecule has 1 N–H and O–H groups in total. The summed E-state index contributed by atoms with van der Waals surface area (Å²) >= 11 is 0. The number of benzene rings is 1. The highest BCUT2D eigenvalue weighted by Crippen LogP contribution is 2.34. The summed E-state index contributed by atoms with van der Waals surface area (Å²) in [5, 5.41) is 8.81. The molecule has 0 radical (unpaired) electrons. The van der Waals surface area contributed by atoms with Gasteiger partial charge in [-0.15, -0.1) is 0 Å². The molecule has 2 aliphatic rings. The van der Waals surface area contributed by atoms with Crippen LogP contribution in [0.5, 0.6) is 5.75 Å². The molecule has 0 bridgehead atoms. The lowest BCUT2D eigenvalue weighted by Crippen LogP contribution is -2.40. The molecule has 1 unspecified atom stereocenters. The molecule has 2 aliphatic heterocycles. The third kappa shape index (κ3) is 3.76. The molecule has 0 spiro atoms. The number of nitrogens with zero attached hydrogens (tertiary/aromatic N) is 1. The van der Waals surface area contributed by atoms with Crippen LogP contribution in [0.3, 0.4) is 0 Å². The van der Waals surface area contributed by atoms with E-state index in [-0.39, 0.29) is 6.61 Å². The number of hydrogen-bond donors (Lipinski definition) is 1. The second-order valence-electron chi connectivity index (χ2n) is 5.97.